The molecule has 0 spiro atoms. The van der Waals surface area contributed by atoms with Crippen LogP contribution in [0.2, 0.25) is 0 Å². The third kappa shape index (κ3) is 4.29. The number of aromatic nitrogens is 4. The summed E-state index contributed by atoms with van der Waals surface area (Å²) in [7, 11) is -3.66. The zero-order valence-corrected chi connectivity index (χ0v) is 17.2. The van der Waals surface area contributed by atoms with Gasteiger partial charge in [-0.3, -0.25) is 4.98 Å². The molecular formula is C20H21FN6O2S. The van der Waals surface area contributed by atoms with E-state index in [1.807, 2.05) is 0 Å². The Balaban J connectivity index is 1.45. The first kappa shape index (κ1) is 20.3. The van der Waals surface area contributed by atoms with Crippen molar-refractivity contribution in [2.45, 2.75) is 30.6 Å². The Morgan fingerprint density at radius 3 is 2.57 bits per heavy atom. The van der Waals surface area contributed by atoms with Gasteiger partial charge in [0.05, 0.1) is 16.8 Å². The first-order chi connectivity index (χ1) is 14.4. The number of sulfonamides is 1. The highest BCUT2D eigenvalue weighted by Crippen LogP contribution is 2.31. The molecule has 1 N–H and O–H groups in total. The summed E-state index contributed by atoms with van der Waals surface area (Å²) >= 11 is 0. The molecule has 0 atom stereocenters. The molecular weight excluding hydrogens is 407 g/mol. The van der Waals surface area contributed by atoms with Gasteiger partial charge < -0.3 is 5.32 Å². The van der Waals surface area contributed by atoms with Crippen LogP contribution in [0.5, 0.6) is 0 Å². The van der Waals surface area contributed by atoms with Gasteiger partial charge in [0.1, 0.15) is 5.82 Å². The van der Waals surface area contributed by atoms with Crippen LogP contribution in [0.25, 0.3) is 0 Å². The number of benzene rings is 1. The Morgan fingerprint density at radius 2 is 1.87 bits per heavy atom. The lowest BCUT2D eigenvalue weighted by molar-refractivity contribution is 0.316. The summed E-state index contributed by atoms with van der Waals surface area (Å²) in [5.74, 6) is 0.616. The molecule has 1 aliphatic rings. The molecule has 0 radical (unpaired) electrons. The zero-order chi connectivity index (χ0) is 21.1. The second kappa shape index (κ2) is 8.41. The van der Waals surface area contributed by atoms with Crippen molar-refractivity contribution in [3.63, 3.8) is 0 Å². The summed E-state index contributed by atoms with van der Waals surface area (Å²) in [6.07, 6.45) is 7.81. The number of anilines is 2. The predicted octanol–water partition coefficient (Wildman–Crippen LogP) is 3.03. The molecule has 1 aliphatic heterocycles. The van der Waals surface area contributed by atoms with E-state index in [0.29, 0.717) is 43.3 Å². The average molecular weight is 428 g/mol. The fourth-order valence-electron chi connectivity index (χ4n) is 3.55. The molecule has 0 unspecified atom stereocenters. The van der Waals surface area contributed by atoms with Crippen LogP contribution >= 0.6 is 0 Å². The monoisotopic (exact) mass is 428 g/mol. The molecule has 8 nitrogen and oxygen atoms in total. The van der Waals surface area contributed by atoms with Crippen molar-refractivity contribution in [1.29, 1.82) is 0 Å². The van der Waals surface area contributed by atoms with Crippen molar-refractivity contribution in [2.75, 3.05) is 18.4 Å². The molecule has 4 rings (SSSR count). The number of nitrogens with one attached hydrogen (secondary N) is 1. The van der Waals surface area contributed by atoms with Crippen LogP contribution in [0, 0.1) is 12.7 Å². The van der Waals surface area contributed by atoms with Crippen molar-refractivity contribution >= 4 is 21.8 Å². The van der Waals surface area contributed by atoms with Crippen LogP contribution in [0.1, 0.15) is 30.0 Å². The van der Waals surface area contributed by atoms with Crippen LogP contribution < -0.4 is 5.32 Å². The summed E-state index contributed by atoms with van der Waals surface area (Å²) in [5, 5.41) is 3.02. The highest BCUT2D eigenvalue weighted by molar-refractivity contribution is 7.89. The van der Waals surface area contributed by atoms with Crippen molar-refractivity contribution in [2.24, 2.45) is 0 Å². The predicted molar refractivity (Wildman–Crippen MR) is 109 cm³/mol. The molecule has 10 heteroatoms. The van der Waals surface area contributed by atoms with E-state index in [9.17, 15) is 12.8 Å². The molecule has 0 amide bonds. The Hall–Kier alpha value is -2.98. The fourth-order valence-corrected chi connectivity index (χ4v) is 5.22. The first-order valence-electron chi connectivity index (χ1n) is 9.56. The molecule has 2 aromatic heterocycles. The standard InChI is InChI=1S/C20H21FN6O2S/c1-14-11-16(21)3-4-18(14)30(28,29)27-9-5-15(6-10-27)17-12-22-13-19(25-17)26-20-23-7-2-8-24-20/h2-4,7-8,11-13,15H,5-6,9-10H2,1H3,(H,23,24,25,26). The van der Waals surface area contributed by atoms with E-state index < -0.39 is 15.8 Å². The van der Waals surface area contributed by atoms with Crippen molar-refractivity contribution in [3.05, 3.63) is 66.1 Å². The van der Waals surface area contributed by atoms with Crippen LogP contribution in [0.4, 0.5) is 16.2 Å². The third-order valence-electron chi connectivity index (χ3n) is 5.09. The van der Waals surface area contributed by atoms with Crippen LogP contribution in [0.15, 0.2) is 53.9 Å². The number of hydrogen-bond acceptors (Lipinski definition) is 7. The number of rotatable bonds is 5. The quantitative estimate of drug-likeness (QED) is 0.666. The van der Waals surface area contributed by atoms with Gasteiger partial charge in [0, 0.05) is 37.6 Å². The Kier molecular flexibility index (Phi) is 5.69. The Morgan fingerprint density at radius 1 is 1.13 bits per heavy atom. The minimum absolute atomic E-state index is 0.0942. The van der Waals surface area contributed by atoms with Gasteiger partial charge in [-0.15, -0.1) is 0 Å². The average Bonchev–Trinajstić information content (AvgIpc) is 2.74. The highest BCUT2D eigenvalue weighted by Gasteiger charge is 2.31. The number of nitrogens with zero attached hydrogens (tertiary/aromatic N) is 5. The van der Waals surface area contributed by atoms with E-state index in [1.165, 1.54) is 22.5 Å². The molecule has 30 heavy (non-hydrogen) atoms. The summed E-state index contributed by atoms with van der Waals surface area (Å²) in [4.78, 5) is 17.2. The maximum absolute atomic E-state index is 13.4. The first-order valence-corrected chi connectivity index (χ1v) is 11.0. The second-order valence-electron chi connectivity index (χ2n) is 7.11. The summed E-state index contributed by atoms with van der Waals surface area (Å²) < 4.78 is 40.8. The Bertz CT molecular complexity index is 1140. The molecule has 156 valence electrons. The van der Waals surface area contributed by atoms with Gasteiger partial charge in [-0.05, 0) is 49.6 Å². The van der Waals surface area contributed by atoms with Crippen LogP contribution in [0.3, 0.4) is 0 Å². The van der Waals surface area contributed by atoms with E-state index in [4.69, 9.17) is 0 Å². The SMILES string of the molecule is Cc1cc(F)ccc1S(=O)(=O)N1CCC(c2cncc(Nc3ncccn3)n2)CC1. The molecule has 1 fully saturated rings. The van der Waals surface area contributed by atoms with Gasteiger partial charge in [-0.25, -0.2) is 27.8 Å². The Labute approximate surface area is 174 Å². The van der Waals surface area contributed by atoms with E-state index in [0.717, 1.165) is 5.69 Å². The maximum atomic E-state index is 13.4. The third-order valence-corrected chi connectivity index (χ3v) is 7.14. The number of piperidine rings is 1. The van der Waals surface area contributed by atoms with E-state index in [2.05, 4.69) is 25.3 Å². The van der Waals surface area contributed by atoms with Crippen molar-refractivity contribution in [3.8, 4) is 0 Å². The van der Waals surface area contributed by atoms with Gasteiger partial charge in [0.15, 0.2) is 5.82 Å². The maximum Gasteiger partial charge on any atom is 0.243 e. The molecule has 1 saturated heterocycles. The van der Waals surface area contributed by atoms with Gasteiger partial charge in [-0.1, -0.05) is 0 Å². The lowest BCUT2D eigenvalue weighted by atomic mass is 9.95. The van der Waals surface area contributed by atoms with Crippen molar-refractivity contribution in [1.82, 2.24) is 24.2 Å². The van der Waals surface area contributed by atoms with E-state index in [1.54, 1.807) is 37.8 Å². The number of halogens is 1. The lowest BCUT2D eigenvalue weighted by Crippen LogP contribution is -2.38. The summed E-state index contributed by atoms with van der Waals surface area (Å²) in [5.41, 5.74) is 1.20. The van der Waals surface area contributed by atoms with E-state index in [-0.39, 0.29) is 10.8 Å². The minimum atomic E-state index is -3.66. The van der Waals surface area contributed by atoms with Gasteiger partial charge in [-0.2, -0.15) is 4.31 Å². The molecule has 3 heterocycles. The molecule has 0 saturated carbocycles. The van der Waals surface area contributed by atoms with Crippen molar-refractivity contribution < 1.29 is 12.8 Å². The van der Waals surface area contributed by atoms with Gasteiger partial charge >= 0.3 is 0 Å². The van der Waals surface area contributed by atoms with Crippen LogP contribution in [-0.2, 0) is 10.0 Å². The number of hydrogen-bond donors (Lipinski definition) is 1. The highest BCUT2D eigenvalue weighted by atomic mass is 32.2. The van der Waals surface area contributed by atoms with Crippen LogP contribution in [-0.4, -0.2) is 45.7 Å². The zero-order valence-electron chi connectivity index (χ0n) is 16.4. The molecule has 3 aromatic rings. The molecule has 0 bridgehead atoms. The minimum Gasteiger partial charge on any atom is -0.307 e. The van der Waals surface area contributed by atoms with Gasteiger partial charge in [0.2, 0.25) is 16.0 Å². The largest absolute Gasteiger partial charge is 0.307 e. The smallest absolute Gasteiger partial charge is 0.243 e. The normalized spacial score (nSPS) is 15.8. The number of aryl methyl sites for hydroxylation is 1. The second-order valence-corrected chi connectivity index (χ2v) is 9.02. The fraction of sp³-hybridized carbons (Fsp3) is 0.300. The molecule has 1 aromatic carbocycles. The summed E-state index contributed by atoms with van der Waals surface area (Å²) in [6, 6.07) is 5.47. The van der Waals surface area contributed by atoms with Gasteiger partial charge in [0.25, 0.3) is 0 Å². The topological polar surface area (TPSA) is 101 Å². The van der Waals surface area contributed by atoms with E-state index >= 15 is 0 Å². The lowest BCUT2D eigenvalue weighted by Gasteiger charge is -2.31. The molecule has 0 aliphatic carbocycles. The summed E-state index contributed by atoms with van der Waals surface area (Å²) in [6.45, 7) is 2.34.